The van der Waals surface area contributed by atoms with E-state index >= 15 is 0 Å². The predicted molar refractivity (Wildman–Crippen MR) is 121 cm³/mol. The van der Waals surface area contributed by atoms with Gasteiger partial charge in [0.1, 0.15) is 17.2 Å². The summed E-state index contributed by atoms with van der Waals surface area (Å²) in [5.41, 5.74) is 2.48. The molecule has 4 aromatic rings. The van der Waals surface area contributed by atoms with E-state index in [2.05, 4.69) is 60.7 Å². The third kappa shape index (κ3) is 3.69. The molecule has 158 valence electrons. The molecular weight excluding hydrogens is 458 g/mol. The summed E-state index contributed by atoms with van der Waals surface area (Å²) < 4.78 is 4.13. The van der Waals surface area contributed by atoms with Crippen LogP contribution in [-0.2, 0) is 7.05 Å². The second-order valence-corrected chi connectivity index (χ2v) is 8.54. The first-order valence-corrected chi connectivity index (χ1v) is 11.0. The Morgan fingerprint density at radius 1 is 1.10 bits per heavy atom. The number of carbonyl (C=O) groups is 1. The molecule has 1 aliphatic rings. The highest BCUT2D eigenvalue weighted by atomic mass is 79.9. The number of benzene rings is 1. The fraction of sp³-hybridized carbons (Fsp3) is 0.273. The summed E-state index contributed by atoms with van der Waals surface area (Å²) in [6.45, 7) is 1.43. The molecule has 9 heteroatoms. The smallest absolute Gasteiger partial charge is 0.259 e. The van der Waals surface area contributed by atoms with Crippen LogP contribution in [0, 0.1) is 0 Å². The lowest BCUT2D eigenvalue weighted by Gasteiger charge is -2.32. The lowest BCUT2D eigenvalue weighted by Crippen LogP contribution is -2.38. The van der Waals surface area contributed by atoms with Crippen molar-refractivity contribution in [1.29, 1.82) is 0 Å². The molecule has 4 heterocycles. The lowest BCUT2D eigenvalue weighted by atomic mass is 9.89. The number of nitrogens with zero attached hydrogens (tertiary/aromatic N) is 6. The molecule has 31 heavy (non-hydrogen) atoms. The fourth-order valence-electron chi connectivity index (χ4n) is 4.11. The van der Waals surface area contributed by atoms with Crippen molar-refractivity contribution in [3.05, 3.63) is 70.6 Å². The highest BCUT2D eigenvalue weighted by Crippen LogP contribution is 2.30. The summed E-state index contributed by atoms with van der Waals surface area (Å²) in [4.78, 5) is 19.9. The summed E-state index contributed by atoms with van der Waals surface area (Å²) in [6, 6.07) is 12.4. The van der Waals surface area contributed by atoms with E-state index in [0.717, 1.165) is 23.1 Å². The molecule has 0 unspecified atom stereocenters. The second-order valence-electron chi connectivity index (χ2n) is 7.69. The minimum absolute atomic E-state index is 0.0443. The molecular formula is C22H22BrN7O. The molecule has 1 aliphatic heterocycles. The standard InChI is InChI=1S/C22H22BrN7O/c1-28-19(7-10-25-28)27-20-17(13-24-21-18(23)14-26-30(20)21)22(31)29-11-8-16(9-12-29)15-5-3-2-4-6-15/h2-7,10,13-14,16,27H,8-9,11-12H2,1H3. The zero-order chi connectivity index (χ0) is 21.4. The Morgan fingerprint density at radius 2 is 1.87 bits per heavy atom. The third-order valence-electron chi connectivity index (χ3n) is 5.83. The van der Waals surface area contributed by atoms with E-state index in [0.29, 0.717) is 36.0 Å². The van der Waals surface area contributed by atoms with Crippen LogP contribution in [0.3, 0.4) is 0 Å². The van der Waals surface area contributed by atoms with Crippen LogP contribution in [0.2, 0.25) is 0 Å². The molecule has 0 spiro atoms. The van der Waals surface area contributed by atoms with Gasteiger partial charge in [-0.15, -0.1) is 0 Å². The topological polar surface area (TPSA) is 80.3 Å². The maximum Gasteiger partial charge on any atom is 0.259 e. The summed E-state index contributed by atoms with van der Waals surface area (Å²) >= 11 is 3.47. The quantitative estimate of drug-likeness (QED) is 0.478. The van der Waals surface area contributed by atoms with Crippen molar-refractivity contribution in [1.82, 2.24) is 29.3 Å². The number of nitrogens with one attached hydrogen (secondary N) is 1. The summed E-state index contributed by atoms with van der Waals surface area (Å²) in [7, 11) is 1.84. The van der Waals surface area contributed by atoms with Gasteiger partial charge in [-0.05, 0) is 40.3 Å². The van der Waals surface area contributed by atoms with Crippen molar-refractivity contribution in [2.24, 2.45) is 7.05 Å². The first-order valence-electron chi connectivity index (χ1n) is 10.2. The number of hydrogen-bond donors (Lipinski definition) is 1. The first-order chi connectivity index (χ1) is 15.1. The van der Waals surface area contributed by atoms with Gasteiger partial charge in [0, 0.05) is 32.4 Å². The Hall–Kier alpha value is -3.20. The van der Waals surface area contributed by atoms with Crippen LogP contribution in [0.5, 0.6) is 0 Å². The summed E-state index contributed by atoms with van der Waals surface area (Å²) in [5.74, 6) is 1.78. The number of aryl methyl sites for hydroxylation is 1. The molecule has 8 nitrogen and oxygen atoms in total. The van der Waals surface area contributed by atoms with Crippen molar-refractivity contribution in [2.75, 3.05) is 18.4 Å². The molecule has 3 aromatic heterocycles. The van der Waals surface area contributed by atoms with Gasteiger partial charge in [-0.2, -0.15) is 14.7 Å². The monoisotopic (exact) mass is 479 g/mol. The van der Waals surface area contributed by atoms with E-state index < -0.39 is 0 Å². The van der Waals surface area contributed by atoms with E-state index in [-0.39, 0.29) is 5.91 Å². The molecule has 0 saturated carbocycles. The zero-order valence-electron chi connectivity index (χ0n) is 17.1. The van der Waals surface area contributed by atoms with E-state index in [1.165, 1.54) is 5.56 Å². The predicted octanol–water partition coefficient (Wildman–Crippen LogP) is 3.99. The van der Waals surface area contributed by atoms with Gasteiger partial charge in [-0.1, -0.05) is 30.3 Å². The number of halogens is 1. The third-order valence-corrected chi connectivity index (χ3v) is 6.39. The number of rotatable bonds is 4. The number of aromatic nitrogens is 5. The largest absolute Gasteiger partial charge is 0.338 e. The number of likely N-dealkylation sites (tertiary alicyclic amines) is 1. The van der Waals surface area contributed by atoms with Gasteiger partial charge in [-0.3, -0.25) is 9.48 Å². The van der Waals surface area contributed by atoms with Crippen LogP contribution in [0.15, 0.2) is 59.5 Å². The molecule has 5 rings (SSSR count). The van der Waals surface area contributed by atoms with Crippen LogP contribution >= 0.6 is 15.9 Å². The van der Waals surface area contributed by atoms with Gasteiger partial charge in [0.25, 0.3) is 5.91 Å². The van der Waals surface area contributed by atoms with Crippen LogP contribution in [0.25, 0.3) is 5.65 Å². The molecule has 1 saturated heterocycles. The van der Waals surface area contributed by atoms with Crippen molar-refractivity contribution < 1.29 is 4.79 Å². The Balaban J connectivity index is 1.43. The highest BCUT2D eigenvalue weighted by molar-refractivity contribution is 9.10. The minimum Gasteiger partial charge on any atom is -0.338 e. The van der Waals surface area contributed by atoms with E-state index in [1.807, 2.05) is 24.1 Å². The molecule has 0 radical (unpaired) electrons. The Bertz CT molecular complexity index is 1230. The van der Waals surface area contributed by atoms with Gasteiger partial charge >= 0.3 is 0 Å². The molecule has 0 atom stereocenters. The van der Waals surface area contributed by atoms with Crippen molar-refractivity contribution in [2.45, 2.75) is 18.8 Å². The van der Waals surface area contributed by atoms with Gasteiger partial charge in [0.05, 0.1) is 16.9 Å². The van der Waals surface area contributed by atoms with E-state index in [4.69, 9.17) is 0 Å². The number of piperidine rings is 1. The van der Waals surface area contributed by atoms with Crippen LogP contribution < -0.4 is 5.32 Å². The van der Waals surface area contributed by atoms with Gasteiger partial charge in [0.2, 0.25) is 0 Å². The van der Waals surface area contributed by atoms with Crippen LogP contribution in [-0.4, -0.2) is 48.3 Å². The number of fused-ring (bicyclic) bond motifs is 1. The Labute approximate surface area is 188 Å². The highest BCUT2D eigenvalue weighted by Gasteiger charge is 2.28. The van der Waals surface area contributed by atoms with Crippen molar-refractivity contribution in [3.8, 4) is 0 Å². The molecule has 1 amide bonds. The Morgan fingerprint density at radius 3 is 2.58 bits per heavy atom. The number of hydrogen-bond acceptors (Lipinski definition) is 5. The normalized spacial score (nSPS) is 14.8. The van der Waals surface area contributed by atoms with E-state index in [9.17, 15) is 4.79 Å². The SMILES string of the molecule is Cn1nccc1Nc1c(C(=O)N2CCC(c3ccccc3)CC2)cnc2c(Br)cnn12. The number of carbonyl (C=O) groups excluding carboxylic acids is 1. The molecule has 1 fully saturated rings. The van der Waals surface area contributed by atoms with Crippen molar-refractivity contribution in [3.63, 3.8) is 0 Å². The average Bonchev–Trinajstić information content (AvgIpc) is 3.39. The summed E-state index contributed by atoms with van der Waals surface area (Å²) in [5, 5.41) is 11.9. The van der Waals surface area contributed by atoms with E-state index in [1.54, 1.807) is 27.8 Å². The molecule has 1 N–H and O–H groups in total. The number of amides is 1. The lowest BCUT2D eigenvalue weighted by molar-refractivity contribution is 0.0713. The van der Waals surface area contributed by atoms with Gasteiger partial charge in [-0.25, -0.2) is 4.98 Å². The maximum absolute atomic E-state index is 13.5. The summed E-state index contributed by atoms with van der Waals surface area (Å²) in [6.07, 6.45) is 6.91. The zero-order valence-corrected chi connectivity index (χ0v) is 18.7. The first kappa shape index (κ1) is 19.7. The maximum atomic E-state index is 13.5. The molecule has 1 aromatic carbocycles. The van der Waals surface area contributed by atoms with Crippen LogP contribution in [0.4, 0.5) is 11.6 Å². The Kier molecular flexibility index (Phi) is 5.19. The molecule has 0 bridgehead atoms. The second kappa shape index (κ2) is 8.14. The van der Waals surface area contributed by atoms with Crippen molar-refractivity contribution >= 4 is 39.1 Å². The molecule has 0 aliphatic carbocycles. The van der Waals surface area contributed by atoms with Gasteiger partial charge < -0.3 is 10.2 Å². The van der Waals surface area contributed by atoms with Crippen LogP contribution in [0.1, 0.15) is 34.7 Å². The van der Waals surface area contributed by atoms with Gasteiger partial charge in [0.15, 0.2) is 5.65 Å². The average molecular weight is 480 g/mol. The fourth-order valence-corrected chi connectivity index (χ4v) is 4.47. The minimum atomic E-state index is -0.0443. The number of anilines is 2.